The molecule has 0 aliphatic carbocycles. The Kier molecular flexibility index (Phi) is 5.68. The average Bonchev–Trinajstić information content (AvgIpc) is 3.14. The van der Waals surface area contributed by atoms with E-state index in [0.717, 1.165) is 0 Å². The van der Waals surface area contributed by atoms with E-state index in [2.05, 4.69) is 10.1 Å². The predicted octanol–water partition coefficient (Wildman–Crippen LogP) is 2.61. The van der Waals surface area contributed by atoms with Crippen LogP contribution >= 0.6 is 11.6 Å². The number of hydrogen-bond donors (Lipinski definition) is 1. The molecule has 0 fully saturated rings. The molecule has 138 valence electrons. The molecule has 0 aliphatic rings. The summed E-state index contributed by atoms with van der Waals surface area (Å²) in [6.07, 6.45) is 0. The summed E-state index contributed by atoms with van der Waals surface area (Å²) in [5.41, 5.74) is 5.91. The van der Waals surface area contributed by atoms with E-state index in [9.17, 15) is 9.59 Å². The van der Waals surface area contributed by atoms with Crippen molar-refractivity contribution in [3.63, 3.8) is 0 Å². The SMILES string of the molecule is NC(=O)COc1ccc(C(=O)OCc2nc(-c3ccccc3Cl)no2)cc1. The highest BCUT2D eigenvalue weighted by atomic mass is 35.5. The third-order valence-corrected chi connectivity index (χ3v) is 3.71. The maximum absolute atomic E-state index is 12.1. The zero-order valence-corrected chi connectivity index (χ0v) is 14.7. The molecule has 1 aromatic heterocycles. The van der Waals surface area contributed by atoms with Gasteiger partial charge < -0.3 is 19.7 Å². The number of carbonyl (C=O) groups is 2. The first kappa shape index (κ1) is 18.4. The first-order chi connectivity index (χ1) is 13.0. The Balaban J connectivity index is 1.58. The van der Waals surface area contributed by atoms with Gasteiger partial charge in [0.15, 0.2) is 13.2 Å². The third kappa shape index (κ3) is 4.83. The Bertz CT molecular complexity index is 956. The molecule has 0 saturated carbocycles. The highest BCUT2D eigenvalue weighted by molar-refractivity contribution is 6.33. The van der Waals surface area contributed by atoms with Crippen LogP contribution in [0.25, 0.3) is 11.4 Å². The lowest BCUT2D eigenvalue weighted by molar-refractivity contribution is -0.119. The molecule has 0 unspecified atom stereocenters. The molecule has 3 rings (SSSR count). The number of primary amides is 1. The van der Waals surface area contributed by atoms with Crippen LogP contribution in [0.2, 0.25) is 5.02 Å². The number of aromatic nitrogens is 2. The smallest absolute Gasteiger partial charge is 0.338 e. The van der Waals surface area contributed by atoms with Crippen molar-refractivity contribution in [2.45, 2.75) is 6.61 Å². The van der Waals surface area contributed by atoms with Crippen molar-refractivity contribution in [1.82, 2.24) is 10.1 Å². The summed E-state index contributed by atoms with van der Waals surface area (Å²) < 4.78 is 15.3. The fraction of sp³-hybridized carbons (Fsp3) is 0.111. The molecular formula is C18H14ClN3O5. The number of hydrogen-bond acceptors (Lipinski definition) is 7. The second-order valence-electron chi connectivity index (χ2n) is 5.35. The number of rotatable bonds is 7. The van der Waals surface area contributed by atoms with Crippen molar-refractivity contribution in [2.24, 2.45) is 5.73 Å². The zero-order chi connectivity index (χ0) is 19.2. The van der Waals surface area contributed by atoms with Crippen LogP contribution in [0.15, 0.2) is 53.1 Å². The van der Waals surface area contributed by atoms with Gasteiger partial charge in [-0.3, -0.25) is 4.79 Å². The molecule has 2 aromatic carbocycles. The normalized spacial score (nSPS) is 10.4. The van der Waals surface area contributed by atoms with Gasteiger partial charge in [-0.1, -0.05) is 28.9 Å². The molecule has 2 N–H and O–H groups in total. The van der Waals surface area contributed by atoms with Gasteiger partial charge in [0.25, 0.3) is 11.8 Å². The van der Waals surface area contributed by atoms with Crippen molar-refractivity contribution in [3.05, 3.63) is 65.0 Å². The van der Waals surface area contributed by atoms with Crippen LogP contribution in [-0.4, -0.2) is 28.6 Å². The second-order valence-corrected chi connectivity index (χ2v) is 5.75. The zero-order valence-electron chi connectivity index (χ0n) is 13.9. The van der Waals surface area contributed by atoms with Gasteiger partial charge in [0.2, 0.25) is 5.82 Å². The van der Waals surface area contributed by atoms with E-state index < -0.39 is 11.9 Å². The quantitative estimate of drug-likeness (QED) is 0.619. The van der Waals surface area contributed by atoms with Crippen LogP contribution in [0, 0.1) is 0 Å². The van der Waals surface area contributed by atoms with Gasteiger partial charge in [-0.25, -0.2) is 4.79 Å². The van der Waals surface area contributed by atoms with Crippen molar-refractivity contribution in [1.29, 1.82) is 0 Å². The molecule has 1 amide bonds. The predicted molar refractivity (Wildman–Crippen MR) is 95.0 cm³/mol. The van der Waals surface area contributed by atoms with Crippen LogP contribution in [-0.2, 0) is 16.1 Å². The van der Waals surface area contributed by atoms with Crippen LogP contribution in [0.4, 0.5) is 0 Å². The minimum atomic E-state index is -0.589. The Morgan fingerprint density at radius 3 is 2.56 bits per heavy atom. The minimum Gasteiger partial charge on any atom is -0.484 e. The molecule has 3 aromatic rings. The summed E-state index contributed by atoms with van der Waals surface area (Å²) in [6, 6.07) is 13.1. The van der Waals surface area contributed by atoms with Crippen molar-refractivity contribution >= 4 is 23.5 Å². The highest BCUT2D eigenvalue weighted by Crippen LogP contribution is 2.25. The second kappa shape index (κ2) is 8.33. The van der Waals surface area contributed by atoms with Crippen LogP contribution < -0.4 is 10.5 Å². The van der Waals surface area contributed by atoms with E-state index >= 15 is 0 Å². The van der Waals surface area contributed by atoms with E-state index in [1.165, 1.54) is 24.3 Å². The summed E-state index contributed by atoms with van der Waals surface area (Å²) in [7, 11) is 0. The lowest BCUT2D eigenvalue weighted by Gasteiger charge is -2.05. The Morgan fingerprint density at radius 2 is 1.85 bits per heavy atom. The lowest BCUT2D eigenvalue weighted by atomic mass is 10.2. The number of nitrogens with zero attached hydrogens (tertiary/aromatic N) is 2. The summed E-state index contributed by atoms with van der Waals surface area (Å²) in [6.45, 7) is -0.426. The van der Waals surface area contributed by atoms with E-state index in [4.69, 9.17) is 31.3 Å². The van der Waals surface area contributed by atoms with E-state index in [0.29, 0.717) is 27.7 Å². The Hall–Kier alpha value is -3.39. The van der Waals surface area contributed by atoms with E-state index in [1.807, 2.05) is 0 Å². The molecule has 0 atom stereocenters. The highest BCUT2D eigenvalue weighted by Gasteiger charge is 2.14. The number of carbonyl (C=O) groups excluding carboxylic acids is 2. The number of benzene rings is 2. The van der Waals surface area contributed by atoms with E-state index in [-0.39, 0.29) is 19.1 Å². The molecule has 0 spiro atoms. The van der Waals surface area contributed by atoms with Crippen LogP contribution in [0.1, 0.15) is 16.2 Å². The number of esters is 1. The standard InChI is InChI=1S/C18H14ClN3O5/c19-14-4-2-1-3-13(14)17-21-16(27-22-17)10-26-18(24)11-5-7-12(8-6-11)25-9-15(20)23/h1-8H,9-10H2,(H2,20,23). The number of nitrogens with two attached hydrogens (primary N) is 1. The average molecular weight is 388 g/mol. The Labute approximate surface area is 158 Å². The lowest BCUT2D eigenvalue weighted by Crippen LogP contribution is -2.20. The minimum absolute atomic E-state index is 0.139. The molecular weight excluding hydrogens is 374 g/mol. The Morgan fingerprint density at radius 1 is 1.11 bits per heavy atom. The van der Waals surface area contributed by atoms with Gasteiger partial charge in [0.1, 0.15) is 5.75 Å². The summed E-state index contributed by atoms with van der Waals surface area (Å²) in [4.78, 5) is 26.9. The van der Waals surface area contributed by atoms with Gasteiger partial charge in [-0.15, -0.1) is 0 Å². The largest absolute Gasteiger partial charge is 0.484 e. The maximum atomic E-state index is 12.1. The topological polar surface area (TPSA) is 118 Å². The van der Waals surface area contributed by atoms with E-state index in [1.54, 1.807) is 24.3 Å². The fourth-order valence-corrected chi connectivity index (χ4v) is 2.34. The third-order valence-electron chi connectivity index (χ3n) is 3.38. The van der Waals surface area contributed by atoms with Gasteiger partial charge in [0, 0.05) is 5.56 Å². The van der Waals surface area contributed by atoms with Gasteiger partial charge in [-0.2, -0.15) is 4.98 Å². The van der Waals surface area contributed by atoms with Gasteiger partial charge in [-0.05, 0) is 36.4 Å². The van der Waals surface area contributed by atoms with Crippen molar-refractivity contribution in [3.8, 4) is 17.1 Å². The molecule has 0 bridgehead atoms. The molecule has 0 saturated heterocycles. The monoisotopic (exact) mass is 387 g/mol. The first-order valence-corrected chi connectivity index (χ1v) is 8.16. The van der Waals surface area contributed by atoms with Crippen LogP contribution in [0.3, 0.4) is 0 Å². The summed E-state index contributed by atoms with van der Waals surface area (Å²) >= 11 is 6.09. The summed E-state index contributed by atoms with van der Waals surface area (Å²) in [5, 5.41) is 4.31. The molecule has 1 heterocycles. The van der Waals surface area contributed by atoms with Crippen LogP contribution in [0.5, 0.6) is 5.75 Å². The summed E-state index contributed by atoms with van der Waals surface area (Å²) in [5.74, 6) is -0.308. The van der Waals surface area contributed by atoms with Gasteiger partial charge in [0.05, 0.1) is 10.6 Å². The fourth-order valence-electron chi connectivity index (χ4n) is 2.12. The number of ether oxygens (including phenoxy) is 2. The molecule has 0 aliphatic heterocycles. The molecule has 8 nitrogen and oxygen atoms in total. The first-order valence-electron chi connectivity index (χ1n) is 7.78. The number of amides is 1. The maximum Gasteiger partial charge on any atom is 0.338 e. The molecule has 0 radical (unpaired) electrons. The molecule has 27 heavy (non-hydrogen) atoms. The van der Waals surface area contributed by atoms with Crippen molar-refractivity contribution in [2.75, 3.05) is 6.61 Å². The van der Waals surface area contributed by atoms with Gasteiger partial charge >= 0.3 is 5.97 Å². The number of halogens is 1. The van der Waals surface area contributed by atoms with Crippen molar-refractivity contribution < 1.29 is 23.6 Å². The molecule has 9 heteroatoms.